The van der Waals surface area contributed by atoms with Gasteiger partial charge >= 0.3 is 0 Å². The molecule has 140 valence electrons. The maximum Gasteiger partial charge on any atom is 0.132 e. The van der Waals surface area contributed by atoms with Crippen molar-refractivity contribution < 1.29 is 4.74 Å². The van der Waals surface area contributed by atoms with Crippen LogP contribution in [0.25, 0.3) is 0 Å². The number of para-hydroxylation sites is 1. The Labute approximate surface area is 168 Å². The Morgan fingerprint density at radius 2 is 1.64 bits per heavy atom. The topological polar surface area (TPSA) is 9.23 Å². The summed E-state index contributed by atoms with van der Waals surface area (Å²) in [7, 11) is 0. The van der Waals surface area contributed by atoms with Crippen molar-refractivity contribution in [2.75, 3.05) is 0 Å². The summed E-state index contributed by atoms with van der Waals surface area (Å²) in [4.78, 5) is 0. The molecule has 1 unspecified atom stereocenters. The van der Waals surface area contributed by atoms with Gasteiger partial charge < -0.3 is 4.74 Å². The third-order valence-corrected chi connectivity index (χ3v) is 5.40. The molecule has 1 aliphatic heterocycles. The largest absolute Gasteiger partial charge is 0.457 e. The molecule has 0 N–H and O–H groups in total. The Balaban J connectivity index is 2.64. The molecule has 0 saturated carbocycles. The van der Waals surface area contributed by atoms with E-state index in [4.69, 9.17) is 4.74 Å². The fraction of sp³-hybridized carbons (Fsp3) is 0.148. The number of hydrogen-bond donors (Lipinski definition) is 0. The van der Waals surface area contributed by atoms with Crippen molar-refractivity contribution in [3.63, 3.8) is 0 Å². The van der Waals surface area contributed by atoms with E-state index in [1.807, 2.05) is 50.3 Å². The molecule has 1 aliphatic carbocycles. The van der Waals surface area contributed by atoms with Crippen LogP contribution in [0.15, 0.2) is 126 Å². The molecule has 0 aromatic heterocycles. The highest BCUT2D eigenvalue weighted by atomic mass is 16.5. The van der Waals surface area contributed by atoms with Gasteiger partial charge in [-0.1, -0.05) is 68.3 Å². The zero-order chi connectivity index (χ0) is 20.3. The lowest BCUT2D eigenvalue weighted by Gasteiger charge is -2.42. The summed E-state index contributed by atoms with van der Waals surface area (Å²) in [6.45, 7) is 18.2. The molecule has 0 bridgehead atoms. The van der Waals surface area contributed by atoms with E-state index in [-0.39, 0.29) is 0 Å². The van der Waals surface area contributed by atoms with Crippen LogP contribution in [-0.4, -0.2) is 0 Å². The minimum absolute atomic E-state index is 0.532. The van der Waals surface area contributed by atoms with Gasteiger partial charge in [-0.25, -0.2) is 0 Å². The van der Waals surface area contributed by atoms with E-state index in [9.17, 15) is 0 Å². The lowest BCUT2D eigenvalue weighted by Crippen LogP contribution is -2.36. The first-order chi connectivity index (χ1) is 13.6. The number of benzene rings is 1. The first-order valence-corrected chi connectivity index (χ1v) is 9.49. The Hall–Kier alpha value is -3.28. The van der Waals surface area contributed by atoms with Gasteiger partial charge in [-0.2, -0.15) is 0 Å². The van der Waals surface area contributed by atoms with Gasteiger partial charge in [0.15, 0.2) is 0 Å². The normalized spacial score (nSPS) is 24.0. The predicted octanol–water partition coefficient (Wildman–Crippen LogP) is 7.06. The van der Waals surface area contributed by atoms with Crippen LogP contribution >= 0.6 is 0 Å². The molecule has 1 heteroatoms. The number of rotatable bonds is 4. The van der Waals surface area contributed by atoms with Gasteiger partial charge in [0, 0.05) is 11.1 Å². The number of ether oxygens (including phenoxy) is 1. The number of hydrogen-bond acceptors (Lipinski definition) is 1. The lowest BCUT2D eigenvalue weighted by atomic mass is 9.63. The van der Waals surface area contributed by atoms with E-state index in [1.54, 1.807) is 0 Å². The van der Waals surface area contributed by atoms with Gasteiger partial charge in [-0.15, -0.1) is 5.73 Å². The number of allylic oxidation sites excluding steroid dienone is 12. The van der Waals surface area contributed by atoms with E-state index in [2.05, 4.69) is 62.8 Å². The second kappa shape index (κ2) is 7.76. The molecular weight excluding hydrogens is 340 g/mol. The van der Waals surface area contributed by atoms with E-state index in [0.717, 1.165) is 44.9 Å². The monoisotopic (exact) mass is 366 g/mol. The lowest BCUT2D eigenvalue weighted by molar-refractivity contribution is 0.387. The Morgan fingerprint density at radius 1 is 0.964 bits per heavy atom. The Morgan fingerprint density at radius 3 is 2.21 bits per heavy atom. The molecule has 0 radical (unpaired) electrons. The van der Waals surface area contributed by atoms with Crippen molar-refractivity contribution >= 4 is 0 Å². The van der Waals surface area contributed by atoms with Gasteiger partial charge in [0.05, 0.1) is 5.41 Å². The zero-order valence-corrected chi connectivity index (χ0v) is 16.9. The maximum absolute atomic E-state index is 6.28. The molecule has 0 saturated heterocycles. The average Bonchev–Trinajstić information content (AvgIpc) is 2.98. The minimum atomic E-state index is -0.532. The molecule has 0 fully saturated rings. The molecular formula is C27H26O. The molecule has 1 spiro atoms. The Kier molecular flexibility index (Phi) is 5.40. The summed E-state index contributed by atoms with van der Waals surface area (Å²) >= 11 is 0. The molecule has 1 heterocycles. The van der Waals surface area contributed by atoms with E-state index < -0.39 is 5.41 Å². The zero-order valence-electron chi connectivity index (χ0n) is 16.9. The molecule has 3 rings (SSSR count). The number of fused-ring (bicyclic) bond motifs is 2. The third kappa shape index (κ3) is 2.48. The van der Waals surface area contributed by atoms with Crippen molar-refractivity contribution in [2.45, 2.75) is 26.2 Å². The summed E-state index contributed by atoms with van der Waals surface area (Å²) < 4.78 is 6.28. The van der Waals surface area contributed by atoms with E-state index in [1.165, 1.54) is 0 Å². The predicted molar refractivity (Wildman–Crippen MR) is 119 cm³/mol. The highest BCUT2D eigenvalue weighted by Gasteiger charge is 2.52. The SMILES string of the molecule is C=C=CC1=C(C=C)C(C=C)=C(/C=C\C)C12C(=C/C)/C(=C\C)Oc1ccccc12. The summed E-state index contributed by atoms with van der Waals surface area (Å²) in [5.41, 5.74) is 9.03. The maximum atomic E-state index is 6.28. The first kappa shape index (κ1) is 19.5. The van der Waals surface area contributed by atoms with Crippen LogP contribution in [0.3, 0.4) is 0 Å². The van der Waals surface area contributed by atoms with Crippen LogP contribution < -0.4 is 4.74 Å². The highest BCUT2D eigenvalue weighted by Crippen LogP contribution is 2.60. The van der Waals surface area contributed by atoms with Gasteiger partial charge in [0.25, 0.3) is 0 Å². The molecule has 2 aliphatic rings. The second-order valence-electron chi connectivity index (χ2n) is 6.61. The third-order valence-electron chi connectivity index (χ3n) is 5.40. The molecule has 1 nitrogen and oxygen atoms in total. The summed E-state index contributed by atoms with van der Waals surface area (Å²) in [6, 6.07) is 8.22. The fourth-order valence-electron chi connectivity index (χ4n) is 4.47. The summed E-state index contributed by atoms with van der Waals surface area (Å²) in [5, 5.41) is 0. The second-order valence-corrected chi connectivity index (χ2v) is 6.61. The Bertz CT molecular complexity index is 1050. The van der Waals surface area contributed by atoms with Gasteiger partial charge in [0.1, 0.15) is 11.5 Å². The van der Waals surface area contributed by atoms with E-state index >= 15 is 0 Å². The highest BCUT2D eigenvalue weighted by molar-refractivity contribution is 5.80. The molecule has 1 aromatic carbocycles. The van der Waals surface area contributed by atoms with E-state index in [0.29, 0.717) is 0 Å². The average molecular weight is 367 g/mol. The molecule has 1 atom stereocenters. The quantitative estimate of drug-likeness (QED) is 0.518. The smallest absolute Gasteiger partial charge is 0.132 e. The van der Waals surface area contributed by atoms with Crippen molar-refractivity contribution in [3.05, 3.63) is 131 Å². The van der Waals surface area contributed by atoms with Gasteiger partial charge in [-0.05, 0) is 61.3 Å². The van der Waals surface area contributed by atoms with Crippen molar-refractivity contribution in [1.29, 1.82) is 0 Å². The first-order valence-electron chi connectivity index (χ1n) is 9.49. The van der Waals surface area contributed by atoms with Crippen LogP contribution in [0.4, 0.5) is 0 Å². The fourth-order valence-corrected chi connectivity index (χ4v) is 4.47. The minimum Gasteiger partial charge on any atom is -0.457 e. The molecule has 0 amide bonds. The van der Waals surface area contributed by atoms with Crippen molar-refractivity contribution in [1.82, 2.24) is 0 Å². The van der Waals surface area contributed by atoms with Crippen LogP contribution in [-0.2, 0) is 5.41 Å². The van der Waals surface area contributed by atoms with Gasteiger partial charge in [-0.3, -0.25) is 0 Å². The molecule has 28 heavy (non-hydrogen) atoms. The van der Waals surface area contributed by atoms with Crippen LogP contribution in [0, 0.1) is 0 Å². The van der Waals surface area contributed by atoms with Crippen molar-refractivity contribution in [2.24, 2.45) is 0 Å². The van der Waals surface area contributed by atoms with Crippen LogP contribution in [0.2, 0.25) is 0 Å². The van der Waals surface area contributed by atoms with Gasteiger partial charge in [0.2, 0.25) is 0 Å². The summed E-state index contributed by atoms with van der Waals surface area (Å²) in [5.74, 6) is 1.71. The van der Waals surface area contributed by atoms with Crippen LogP contribution in [0.1, 0.15) is 26.3 Å². The molecule has 1 aromatic rings. The standard InChI is InChI=1S/C27H26O/c1-7-15-22-19(9-3)20(10-4)23(16-8-2)27(22)21(11-5)25(12-6)28-26-18-14-13-17-24(26)27/h8-18H,1,3-4H2,2,5-6H3/b16-8-,21-11+,25-12+. The summed E-state index contributed by atoms with van der Waals surface area (Å²) in [6.07, 6.45) is 14.2. The van der Waals surface area contributed by atoms with Crippen molar-refractivity contribution in [3.8, 4) is 5.75 Å². The van der Waals surface area contributed by atoms with Crippen LogP contribution in [0.5, 0.6) is 5.75 Å².